The lowest BCUT2D eigenvalue weighted by molar-refractivity contribution is 0.0690. The summed E-state index contributed by atoms with van der Waals surface area (Å²) in [5.41, 5.74) is -0.233. The molecule has 2 heterocycles. The Morgan fingerprint density at radius 1 is 1.59 bits per heavy atom. The van der Waals surface area contributed by atoms with Crippen molar-refractivity contribution in [3.8, 4) is 0 Å². The zero-order chi connectivity index (χ0) is 12.3. The molecule has 2 rings (SSSR count). The normalized spacial score (nSPS) is 10.2. The van der Waals surface area contributed by atoms with Crippen LogP contribution in [0.2, 0.25) is 5.02 Å². The van der Waals surface area contributed by atoms with Gasteiger partial charge in [-0.3, -0.25) is 0 Å². The summed E-state index contributed by atoms with van der Waals surface area (Å²) in [6.45, 7) is 0.369. The summed E-state index contributed by atoms with van der Waals surface area (Å²) in [5, 5.41) is 11.7. The predicted molar refractivity (Wildman–Crippen MR) is 60.0 cm³/mol. The van der Waals surface area contributed by atoms with Crippen LogP contribution in [0.15, 0.2) is 29.0 Å². The Morgan fingerprint density at radius 3 is 3.06 bits per heavy atom. The third-order valence-electron chi connectivity index (χ3n) is 1.95. The van der Waals surface area contributed by atoms with Crippen molar-refractivity contribution in [2.24, 2.45) is 0 Å². The van der Waals surface area contributed by atoms with Gasteiger partial charge in [-0.15, -0.1) is 0 Å². The Morgan fingerprint density at radius 2 is 2.41 bits per heavy atom. The first-order valence-electron chi connectivity index (χ1n) is 4.69. The van der Waals surface area contributed by atoms with Crippen molar-refractivity contribution in [2.45, 2.75) is 6.54 Å². The van der Waals surface area contributed by atoms with Crippen molar-refractivity contribution in [2.75, 3.05) is 5.32 Å². The first-order chi connectivity index (χ1) is 8.16. The molecule has 0 saturated heterocycles. The molecule has 0 aliphatic rings. The van der Waals surface area contributed by atoms with E-state index in [9.17, 15) is 4.79 Å². The first-order valence-corrected chi connectivity index (χ1v) is 5.06. The average Bonchev–Trinajstić information content (AvgIpc) is 2.80. The van der Waals surface area contributed by atoms with Crippen LogP contribution in [-0.4, -0.2) is 21.0 Å². The Hall–Kier alpha value is -2.08. The standard InChI is InChI=1S/C10H8ClN3O3/c11-7-5-13-10(14-8(7)9(15)16)12-4-6-2-1-3-17-6/h1-3,5H,4H2,(H,15,16)(H,12,13,14). The minimum atomic E-state index is -1.20. The number of hydrogen-bond donors (Lipinski definition) is 2. The van der Waals surface area contributed by atoms with Crippen molar-refractivity contribution < 1.29 is 14.3 Å². The Balaban J connectivity index is 2.11. The van der Waals surface area contributed by atoms with Crippen LogP contribution in [0.4, 0.5) is 5.95 Å². The van der Waals surface area contributed by atoms with E-state index in [-0.39, 0.29) is 16.7 Å². The number of carboxylic acid groups (broad SMARTS) is 1. The van der Waals surface area contributed by atoms with Crippen LogP contribution < -0.4 is 5.32 Å². The molecule has 0 aliphatic heterocycles. The van der Waals surface area contributed by atoms with E-state index in [4.69, 9.17) is 21.1 Å². The molecule has 0 atom stereocenters. The Labute approximate surface area is 101 Å². The molecule has 0 aromatic carbocycles. The fourth-order valence-electron chi connectivity index (χ4n) is 1.18. The molecule has 0 radical (unpaired) electrons. The molecule has 6 nitrogen and oxygen atoms in total. The van der Waals surface area contributed by atoms with Crippen LogP contribution in [0.3, 0.4) is 0 Å². The second-order valence-corrected chi connectivity index (χ2v) is 3.54. The number of aromatic nitrogens is 2. The van der Waals surface area contributed by atoms with E-state index in [1.54, 1.807) is 18.4 Å². The maximum absolute atomic E-state index is 10.8. The van der Waals surface area contributed by atoms with Gasteiger partial charge in [-0.05, 0) is 12.1 Å². The molecule has 2 aromatic rings. The molecule has 0 unspecified atom stereocenters. The molecule has 0 saturated carbocycles. The molecule has 17 heavy (non-hydrogen) atoms. The zero-order valence-electron chi connectivity index (χ0n) is 8.55. The molecule has 0 bridgehead atoms. The highest BCUT2D eigenvalue weighted by atomic mass is 35.5. The van der Waals surface area contributed by atoms with Crippen LogP contribution in [0.1, 0.15) is 16.2 Å². The largest absolute Gasteiger partial charge is 0.476 e. The summed E-state index contributed by atoms with van der Waals surface area (Å²) in [6, 6.07) is 3.53. The molecule has 88 valence electrons. The van der Waals surface area contributed by atoms with Gasteiger partial charge in [-0.25, -0.2) is 14.8 Å². The van der Waals surface area contributed by atoms with Crippen molar-refractivity contribution in [3.63, 3.8) is 0 Å². The van der Waals surface area contributed by atoms with Gasteiger partial charge in [0.2, 0.25) is 5.95 Å². The summed E-state index contributed by atoms with van der Waals surface area (Å²) in [5.74, 6) is -0.318. The summed E-state index contributed by atoms with van der Waals surface area (Å²) in [7, 11) is 0. The van der Waals surface area contributed by atoms with Gasteiger partial charge in [0.25, 0.3) is 0 Å². The molecular formula is C10H8ClN3O3. The number of furan rings is 1. The van der Waals surface area contributed by atoms with Gasteiger partial charge >= 0.3 is 5.97 Å². The third-order valence-corrected chi connectivity index (χ3v) is 2.22. The van der Waals surface area contributed by atoms with Gasteiger partial charge < -0.3 is 14.8 Å². The number of halogens is 1. The highest BCUT2D eigenvalue weighted by molar-refractivity contribution is 6.33. The van der Waals surface area contributed by atoms with Crippen molar-refractivity contribution in [1.29, 1.82) is 0 Å². The van der Waals surface area contributed by atoms with Gasteiger partial charge in [0.05, 0.1) is 24.0 Å². The number of carbonyl (C=O) groups is 1. The molecule has 0 spiro atoms. The number of anilines is 1. The quantitative estimate of drug-likeness (QED) is 0.867. The highest BCUT2D eigenvalue weighted by Gasteiger charge is 2.12. The monoisotopic (exact) mass is 253 g/mol. The van der Waals surface area contributed by atoms with Gasteiger partial charge in [-0.1, -0.05) is 11.6 Å². The number of rotatable bonds is 4. The summed E-state index contributed by atoms with van der Waals surface area (Å²) >= 11 is 5.64. The summed E-state index contributed by atoms with van der Waals surface area (Å²) in [6.07, 6.45) is 2.78. The minimum Gasteiger partial charge on any atom is -0.476 e. The lowest BCUT2D eigenvalue weighted by Gasteiger charge is -2.04. The maximum atomic E-state index is 10.8. The second kappa shape index (κ2) is 4.84. The number of aromatic carboxylic acids is 1. The predicted octanol–water partition coefficient (Wildman–Crippen LogP) is 2.03. The fraction of sp³-hybridized carbons (Fsp3) is 0.100. The summed E-state index contributed by atoms with van der Waals surface area (Å²) < 4.78 is 5.10. The first kappa shape index (κ1) is 11.4. The van der Waals surface area contributed by atoms with E-state index in [2.05, 4.69) is 15.3 Å². The van der Waals surface area contributed by atoms with E-state index in [1.165, 1.54) is 6.20 Å². The van der Waals surface area contributed by atoms with Crippen LogP contribution in [-0.2, 0) is 6.54 Å². The molecule has 7 heteroatoms. The zero-order valence-corrected chi connectivity index (χ0v) is 9.31. The van der Waals surface area contributed by atoms with Crippen LogP contribution in [0.25, 0.3) is 0 Å². The van der Waals surface area contributed by atoms with Gasteiger partial charge in [0, 0.05) is 0 Å². The molecule has 2 N–H and O–H groups in total. The minimum absolute atomic E-state index is 0.000971. The van der Waals surface area contributed by atoms with Gasteiger partial charge in [0.15, 0.2) is 5.69 Å². The van der Waals surface area contributed by atoms with E-state index in [0.29, 0.717) is 12.3 Å². The number of nitrogens with zero attached hydrogens (tertiary/aromatic N) is 2. The highest BCUT2D eigenvalue weighted by Crippen LogP contribution is 2.14. The topological polar surface area (TPSA) is 88.2 Å². The summed E-state index contributed by atoms with van der Waals surface area (Å²) in [4.78, 5) is 18.4. The van der Waals surface area contributed by atoms with E-state index < -0.39 is 5.97 Å². The number of hydrogen-bond acceptors (Lipinski definition) is 5. The van der Waals surface area contributed by atoms with Crippen LogP contribution in [0.5, 0.6) is 0 Å². The van der Waals surface area contributed by atoms with Gasteiger partial charge in [-0.2, -0.15) is 0 Å². The van der Waals surface area contributed by atoms with E-state index >= 15 is 0 Å². The van der Waals surface area contributed by atoms with Crippen molar-refractivity contribution in [1.82, 2.24) is 9.97 Å². The SMILES string of the molecule is O=C(O)c1nc(NCc2ccco2)ncc1Cl. The van der Waals surface area contributed by atoms with Crippen LogP contribution >= 0.6 is 11.6 Å². The van der Waals surface area contributed by atoms with Crippen molar-refractivity contribution in [3.05, 3.63) is 41.1 Å². The lowest BCUT2D eigenvalue weighted by atomic mass is 10.4. The van der Waals surface area contributed by atoms with Crippen molar-refractivity contribution >= 4 is 23.5 Å². The van der Waals surface area contributed by atoms with E-state index in [0.717, 1.165) is 0 Å². The number of carboxylic acids is 1. The molecule has 2 aromatic heterocycles. The van der Waals surface area contributed by atoms with E-state index in [1.807, 2.05) is 0 Å². The fourth-order valence-corrected chi connectivity index (χ4v) is 1.35. The molecule has 0 fully saturated rings. The second-order valence-electron chi connectivity index (χ2n) is 3.13. The molecular weight excluding hydrogens is 246 g/mol. The number of nitrogens with one attached hydrogen (secondary N) is 1. The average molecular weight is 254 g/mol. The smallest absolute Gasteiger partial charge is 0.356 e. The molecule has 0 aliphatic carbocycles. The van der Waals surface area contributed by atoms with Crippen LogP contribution in [0, 0.1) is 0 Å². The maximum Gasteiger partial charge on any atom is 0.356 e. The van der Waals surface area contributed by atoms with Gasteiger partial charge in [0.1, 0.15) is 5.76 Å². The molecule has 0 amide bonds. The lowest BCUT2D eigenvalue weighted by Crippen LogP contribution is -2.08. The Bertz CT molecular complexity index is 528. The third kappa shape index (κ3) is 2.73. The Kier molecular flexibility index (Phi) is 3.24.